The van der Waals surface area contributed by atoms with E-state index < -0.39 is 0 Å². The van der Waals surface area contributed by atoms with Crippen LogP contribution in [0.2, 0.25) is 0 Å². The molecular formula is C47H29NS. The first kappa shape index (κ1) is 27.2. The second-order valence-electron chi connectivity index (χ2n) is 13.2. The van der Waals surface area contributed by atoms with Crippen molar-refractivity contribution in [2.24, 2.45) is 0 Å². The summed E-state index contributed by atoms with van der Waals surface area (Å²) < 4.78 is 2.46. The van der Waals surface area contributed by atoms with Gasteiger partial charge < -0.3 is 4.57 Å². The largest absolute Gasteiger partial charge is 0.309 e. The molecule has 0 saturated heterocycles. The highest BCUT2D eigenvalue weighted by atomic mass is 32.2. The fraction of sp³-hybridized carbons (Fsp3) is 0.0213. The van der Waals surface area contributed by atoms with Crippen molar-refractivity contribution in [3.63, 3.8) is 0 Å². The van der Waals surface area contributed by atoms with Crippen molar-refractivity contribution in [1.82, 2.24) is 4.57 Å². The summed E-state index contributed by atoms with van der Waals surface area (Å²) in [6.45, 7) is 0. The maximum Gasteiger partial charge on any atom is 0.0735 e. The molecule has 11 rings (SSSR count). The molecule has 0 fully saturated rings. The average Bonchev–Trinajstić information content (AvgIpc) is 3.64. The van der Waals surface area contributed by atoms with Gasteiger partial charge in [-0.05, 0) is 91.7 Å². The average molecular weight is 640 g/mol. The molecule has 0 amide bonds. The number of para-hydroxylation sites is 1. The predicted molar refractivity (Wildman–Crippen MR) is 205 cm³/mol. The monoisotopic (exact) mass is 639 g/mol. The number of hydrogen-bond acceptors (Lipinski definition) is 1. The molecule has 1 nitrogen and oxygen atoms in total. The molecule has 0 bridgehead atoms. The summed E-state index contributed by atoms with van der Waals surface area (Å²) in [5.41, 5.74) is 13.9. The van der Waals surface area contributed by atoms with Gasteiger partial charge in [-0.3, -0.25) is 0 Å². The molecule has 1 aliphatic heterocycles. The molecule has 2 heteroatoms. The Morgan fingerprint density at radius 2 is 1.00 bits per heavy atom. The van der Waals surface area contributed by atoms with E-state index in [2.05, 4.69) is 180 Å². The quantitative estimate of drug-likeness (QED) is 0.182. The lowest BCUT2D eigenvalue weighted by Crippen LogP contribution is -2.31. The Labute approximate surface area is 289 Å². The molecule has 9 aromatic rings. The van der Waals surface area contributed by atoms with Crippen LogP contribution in [0.25, 0.3) is 60.5 Å². The first-order valence-corrected chi connectivity index (χ1v) is 17.8. The summed E-state index contributed by atoms with van der Waals surface area (Å²) in [6, 6.07) is 65.4. The zero-order valence-electron chi connectivity index (χ0n) is 26.6. The Morgan fingerprint density at radius 1 is 0.388 bits per heavy atom. The van der Waals surface area contributed by atoms with E-state index in [1.807, 2.05) is 11.8 Å². The highest BCUT2D eigenvalue weighted by Crippen LogP contribution is 2.62. The van der Waals surface area contributed by atoms with Crippen molar-refractivity contribution in [3.05, 3.63) is 198 Å². The number of benzene rings is 8. The predicted octanol–water partition coefficient (Wildman–Crippen LogP) is 12.4. The summed E-state index contributed by atoms with van der Waals surface area (Å²) in [5, 5.41) is 5.11. The number of hydrogen-bond donors (Lipinski definition) is 0. The van der Waals surface area contributed by atoms with E-state index in [0.717, 1.165) is 0 Å². The third-order valence-electron chi connectivity index (χ3n) is 10.9. The molecule has 0 radical (unpaired) electrons. The van der Waals surface area contributed by atoms with Crippen LogP contribution >= 0.6 is 11.8 Å². The van der Waals surface area contributed by atoms with Gasteiger partial charge in [-0.1, -0.05) is 151 Å². The van der Waals surface area contributed by atoms with Crippen LogP contribution in [0.1, 0.15) is 22.3 Å². The van der Waals surface area contributed by atoms with Gasteiger partial charge in [-0.2, -0.15) is 0 Å². The van der Waals surface area contributed by atoms with Crippen LogP contribution in [0.5, 0.6) is 0 Å². The molecule has 2 aliphatic rings. The summed E-state index contributed by atoms with van der Waals surface area (Å²) in [6.07, 6.45) is 0. The maximum absolute atomic E-state index is 2.52. The minimum atomic E-state index is -0.387. The lowest BCUT2D eigenvalue weighted by Gasteiger charge is -2.39. The van der Waals surface area contributed by atoms with Crippen LogP contribution in [0.4, 0.5) is 0 Å². The SMILES string of the molecule is c1ccc2c(c1)Sc1cc3c(cc1C21c2ccccc2-c2ccccc21)c1ccccc1n3-c1ccc(-c2cccc3ccccc23)cc1. The van der Waals surface area contributed by atoms with Crippen LogP contribution in [0, 0.1) is 0 Å². The van der Waals surface area contributed by atoms with Gasteiger partial charge >= 0.3 is 0 Å². The van der Waals surface area contributed by atoms with E-state index in [1.54, 1.807) is 0 Å². The molecule has 8 aromatic carbocycles. The number of aromatic nitrogens is 1. The Morgan fingerprint density at radius 3 is 1.80 bits per heavy atom. The topological polar surface area (TPSA) is 4.93 Å². The lowest BCUT2D eigenvalue weighted by molar-refractivity contribution is 0.724. The molecular weight excluding hydrogens is 611 g/mol. The minimum absolute atomic E-state index is 0.387. The standard InChI is InChI=1S/C47H29NS/c1-2-14-33-30(12-1)13-11-18-34(33)31-24-26-32(27-25-31)48-43-22-9-5-17-37(43)38-28-42-46(29-44(38)48)49-45-23-10-8-21-41(45)47(42)39-19-6-3-15-35(39)36-16-4-7-20-40(36)47/h1-29H. The third kappa shape index (κ3) is 3.62. The smallest absolute Gasteiger partial charge is 0.0735 e. The molecule has 1 aliphatic carbocycles. The highest BCUT2D eigenvalue weighted by Gasteiger charge is 2.50. The summed E-state index contributed by atoms with van der Waals surface area (Å²) in [4.78, 5) is 2.64. The molecule has 1 spiro atoms. The van der Waals surface area contributed by atoms with E-state index in [9.17, 15) is 0 Å². The van der Waals surface area contributed by atoms with Crippen LogP contribution < -0.4 is 0 Å². The Bertz CT molecular complexity index is 2750. The Kier molecular flexibility index (Phi) is 5.59. The molecule has 0 unspecified atom stereocenters. The number of nitrogens with zero attached hydrogens (tertiary/aromatic N) is 1. The maximum atomic E-state index is 2.52. The Balaban J connectivity index is 1.18. The normalized spacial score (nSPS) is 13.8. The second kappa shape index (κ2) is 10.1. The van der Waals surface area contributed by atoms with Crippen LogP contribution in [-0.4, -0.2) is 4.57 Å². The van der Waals surface area contributed by atoms with Gasteiger partial charge in [0, 0.05) is 26.3 Å². The van der Waals surface area contributed by atoms with Gasteiger partial charge in [0.15, 0.2) is 0 Å². The van der Waals surface area contributed by atoms with Crippen LogP contribution in [-0.2, 0) is 5.41 Å². The molecule has 2 heterocycles. The van der Waals surface area contributed by atoms with E-state index >= 15 is 0 Å². The molecule has 228 valence electrons. The molecule has 1 aromatic heterocycles. The Hall–Kier alpha value is -5.83. The van der Waals surface area contributed by atoms with Gasteiger partial charge in [0.05, 0.1) is 16.4 Å². The molecule has 0 N–H and O–H groups in total. The third-order valence-corrected chi connectivity index (χ3v) is 12.0. The van der Waals surface area contributed by atoms with Crippen LogP contribution in [0.15, 0.2) is 186 Å². The zero-order valence-corrected chi connectivity index (χ0v) is 27.4. The van der Waals surface area contributed by atoms with Crippen molar-refractivity contribution in [3.8, 4) is 27.9 Å². The van der Waals surface area contributed by atoms with Crippen molar-refractivity contribution >= 4 is 44.3 Å². The summed E-state index contributed by atoms with van der Waals surface area (Å²) >= 11 is 1.91. The van der Waals surface area contributed by atoms with Crippen molar-refractivity contribution in [2.75, 3.05) is 0 Å². The number of fused-ring (bicyclic) bond motifs is 13. The molecule has 49 heavy (non-hydrogen) atoms. The second-order valence-corrected chi connectivity index (χ2v) is 14.3. The van der Waals surface area contributed by atoms with Gasteiger partial charge in [-0.25, -0.2) is 0 Å². The van der Waals surface area contributed by atoms with E-state index in [1.165, 1.54) is 92.6 Å². The highest BCUT2D eigenvalue weighted by molar-refractivity contribution is 7.99. The van der Waals surface area contributed by atoms with Crippen molar-refractivity contribution in [2.45, 2.75) is 15.2 Å². The van der Waals surface area contributed by atoms with Crippen LogP contribution in [0.3, 0.4) is 0 Å². The fourth-order valence-corrected chi connectivity index (χ4v) is 10.1. The first-order valence-electron chi connectivity index (χ1n) is 16.9. The van der Waals surface area contributed by atoms with E-state index in [0.29, 0.717) is 0 Å². The zero-order chi connectivity index (χ0) is 32.1. The minimum Gasteiger partial charge on any atom is -0.309 e. The van der Waals surface area contributed by atoms with Gasteiger partial charge in [0.2, 0.25) is 0 Å². The van der Waals surface area contributed by atoms with Gasteiger partial charge in [0.1, 0.15) is 0 Å². The van der Waals surface area contributed by atoms with Crippen molar-refractivity contribution < 1.29 is 0 Å². The lowest BCUT2D eigenvalue weighted by atomic mass is 9.67. The van der Waals surface area contributed by atoms with E-state index in [4.69, 9.17) is 0 Å². The van der Waals surface area contributed by atoms with Crippen molar-refractivity contribution in [1.29, 1.82) is 0 Å². The fourth-order valence-electron chi connectivity index (χ4n) is 8.86. The van der Waals surface area contributed by atoms with Gasteiger partial charge in [-0.15, -0.1) is 0 Å². The molecule has 0 saturated carbocycles. The first-order chi connectivity index (χ1) is 24.3. The van der Waals surface area contributed by atoms with E-state index in [-0.39, 0.29) is 5.41 Å². The summed E-state index contributed by atoms with van der Waals surface area (Å²) in [5.74, 6) is 0. The number of rotatable bonds is 2. The van der Waals surface area contributed by atoms with Gasteiger partial charge in [0.25, 0.3) is 0 Å². The summed E-state index contributed by atoms with van der Waals surface area (Å²) in [7, 11) is 0. The molecule has 0 atom stereocenters.